The lowest BCUT2D eigenvalue weighted by Gasteiger charge is -2.02. The summed E-state index contributed by atoms with van der Waals surface area (Å²) in [5.74, 6) is -0.652. The number of thioether (sulfide) groups is 1. The first-order valence-corrected chi connectivity index (χ1v) is 8.78. The number of phenols is 1. The minimum absolute atomic E-state index is 0.115. The predicted molar refractivity (Wildman–Crippen MR) is 102 cm³/mol. The van der Waals surface area contributed by atoms with Crippen molar-refractivity contribution < 1.29 is 14.8 Å². The zero-order valence-electron chi connectivity index (χ0n) is 14.2. The summed E-state index contributed by atoms with van der Waals surface area (Å²) in [5.41, 5.74) is 4.14. The molecule has 2 N–H and O–H groups in total. The Hall–Kier alpha value is -3.40. The van der Waals surface area contributed by atoms with Gasteiger partial charge in [0.25, 0.3) is 5.91 Å². The largest absolute Gasteiger partial charge is 0.502 e. The third-order valence-electron chi connectivity index (χ3n) is 3.68. The van der Waals surface area contributed by atoms with Crippen LogP contribution in [-0.4, -0.2) is 37.5 Å². The highest BCUT2D eigenvalue weighted by Crippen LogP contribution is 2.25. The fraction of sp³-hybridized carbons (Fsp3) is 0.118. The second-order valence-corrected chi connectivity index (χ2v) is 6.47. The Balaban J connectivity index is 1.58. The summed E-state index contributed by atoms with van der Waals surface area (Å²) in [5, 5.41) is 24.7. The number of aryl methyl sites for hydroxylation is 1. The van der Waals surface area contributed by atoms with Crippen LogP contribution in [0.2, 0.25) is 0 Å². The van der Waals surface area contributed by atoms with Crippen molar-refractivity contribution in [3.05, 3.63) is 58.1 Å². The molecule has 27 heavy (non-hydrogen) atoms. The molecule has 0 aliphatic rings. The first-order valence-electron chi connectivity index (χ1n) is 7.79. The molecule has 0 aliphatic carbocycles. The van der Waals surface area contributed by atoms with Crippen LogP contribution in [-0.2, 0) is 11.8 Å². The summed E-state index contributed by atoms with van der Waals surface area (Å²) in [6.07, 6.45) is 1.27. The number of nitro benzene ring substituents is 1. The van der Waals surface area contributed by atoms with Gasteiger partial charge in [-0.05, 0) is 24.3 Å². The van der Waals surface area contributed by atoms with E-state index in [9.17, 15) is 20.0 Å². The van der Waals surface area contributed by atoms with Crippen LogP contribution >= 0.6 is 11.8 Å². The van der Waals surface area contributed by atoms with Crippen LogP contribution in [0.5, 0.6) is 5.75 Å². The molecule has 1 aromatic heterocycles. The summed E-state index contributed by atoms with van der Waals surface area (Å²) in [4.78, 5) is 26.5. The van der Waals surface area contributed by atoms with Gasteiger partial charge in [0, 0.05) is 18.7 Å². The van der Waals surface area contributed by atoms with E-state index in [0.29, 0.717) is 10.7 Å². The van der Waals surface area contributed by atoms with Crippen LogP contribution in [0.25, 0.3) is 11.0 Å². The Morgan fingerprint density at radius 2 is 2.19 bits per heavy atom. The van der Waals surface area contributed by atoms with Crippen molar-refractivity contribution in [1.82, 2.24) is 15.0 Å². The number of phenolic OH excluding ortho intramolecular Hbond substituents is 1. The fourth-order valence-electron chi connectivity index (χ4n) is 2.36. The maximum absolute atomic E-state index is 11.9. The van der Waals surface area contributed by atoms with Crippen molar-refractivity contribution in [3.8, 4) is 5.75 Å². The molecule has 0 atom stereocenters. The van der Waals surface area contributed by atoms with E-state index >= 15 is 0 Å². The maximum Gasteiger partial charge on any atom is 0.311 e. The minimum atomic E-state index is -0.696. The van der Waals surface area contributed by atoms with Crippen molar-refractivity contribution in [2.75, 3.05) is 5.75 Å². The number of hydrogen-bond donors (Lipinski definition) is 2. The van der Waals surface area contributed by atoms with Crippen molar-refractivity contribution >= 4 is 40.6 Å². The van der Waals surface area contributed by atoms with E-state index in [1.165, 1.54) is 36.2 Å². The number of aromatic hydroxyl groups is 1. The van der Waals surface area contributed by atoms with Gasteiger partial charge >= 0.3 is 5.69 Å². The average molecular weight is 385 g/mol. The van der Waals surface area contributed by atoms with Gasteiger partial charge in [0.15, 0.2) is 10.9 Å². The summed E-state index contributed by atoms with van der Waals surface area (Å²) < 4.78 is 1.91. The Morgan fingerprint density at radius 1 is 1.41 bits per heavy atom. The number of benzene rings is 2. The number of imidazole rings is 1. The molecule has 138 valence electrons. The topological polar surface area (TPSA) is 123 Å². The van der Waals surface area contributed by atoms with Crippen LogP contribution < -0.4 is 5.43 Å². The third kappa shape index (κ3) is 4.23. The molecule has 3 rings (SSSR count). The average Bonchev–Trinajstić information content (AvgIpc) is 2.97. The van der Waals surface area contributed by atoms with Crippen molar-refractivity contribution in [1.29, 1.82) is 0 Å². The summed E-state index contributed by atoms with van der Waals surface area (Å²) in [6.45, 7) is 0. The molecule has 0 radical (unpaired) electrons. The van der Waals surface area contributed by atoms with Gasteiger partial charge in [0.1, 0.15) is 0 Å². The van der Waals surface area contributed by atoms with Crippen LogP contribution in [0.15, 0.2) is 52.7 Å². The SMILES string of the molecule is Cn1c(SCC(=O)N/N=C\c2ccc(O)c([N+](=O)[O-])c2)nc2ccccc21. The summed E-state index contributed by atoms with van der Waals surface area (Å²) in [7, 11) is 1.88. The smallest absolute Gasteiger partial charge is 0.311 e. The van der Waals surface area contributed by atoms with E-state index < -0.39 is 16.4 Å². The molecular weight excluding hydrogens is 370 g/mol. The first kappa shape index (κ1) is 18.4. The number of hydrazone groups is 1. The van der Waals surface area contributed by atoms with Gasteiger partial charge in [-0.3, -0.25) is 14.9 Å². The summed E-state index contributed by atoms with van der Waals surface area (Å²) in [6, 6.07) is 11.5. The van der Waals surface area contributed by atoms with Crippen LogP contribution in [0.4, 0.5) is 5.69 Å². The number of hydrogen-bond acceptors (Lipinski definition) is 7. The number of nitrogens with zero attached hydrogens (tertiary/aromatic N) is 4. The number of fused-ring (bicyclic) bond motifs is 1. The Bertz CT molecular complexity index is 1050. The molecule has 0 saturated heterocycles. The lowest BCUT2D eigenvalue weighted by atomic mass is 10.2. The third-order valence-corrected chi connectivity index (χ3v) is 4.71. The molecule has 0 saturated carbocycles. The molecule has 1 amide bonds. The molecule has 0 unspecified atom stereocenters. The highest BCUT2D eigenvalue weighted by atomic mass is 32.2. The van der Waals surface area contributed by atoms with E-state index in [1.54, 1.807) is 0 Å². The lowest BCUT2D eigenvalue weighted by molar-refractivity contribution is -0.385. The molecule has 0 spiro atoms. The van der Waals surface area contributed by atoms with E-state index in [4.69, 9.17) is 0 Å². The second kappa shape index (κ2) is 7.87. The number of rotatable bonds is 6. The number of nitro groups is 1. The van der Waals surface area contributed by atoms with E-state index in [0.717, 1.165) is 11.0 Å². The zero-order valence-corrected chi connectivity index (χ0v) is 15.0. The van der Waals surface area contributed by atoms with Gasteiger partial charge in [-0.2, -0.15) is 5.10 Å². The van der Waals surface area contributed by atoms with Gasteiger partial charge in [0.2, 0.25) is 0 Å². The Labute approximate surface area is 157 Å². The van der Waals surface area contributed by atoms with Gasteiger partial charge in [0.05, 0.1) is 27.9 Å². The number of nitrogens with one attached hydrogen (secondary N) is 1. The molecule has 2 aromatic carbocycles. The molecule has 10 heteroatoms. The van der Waals surface area contributed by atoms with Crippen LogP contribution in [0.1, 0.15) is 5.56 Å². The molecular formula is C17H15N5O4S. The number of carbonyl (C=O) groups is 1. The molecule has 0 aliphatic heterocycles. The van der Waals surface area contributed by atoms with Crippen LogP contribution in [0.3, 0.4) is 0 Å². The Morgan fingerprint density at radius 3 is 2.93 bits per heavy atom. The zero-order chi connectivity index (χ0) is 19.4. The van der Waals surface area contributed by atoms with E-state index in [1.807, 2.05) is 35.9 Å². The van der Waals surface area contributed by atoms with Crippen molar-refractivity contribution in [3.63, 3.8) is 0 Å². The van der Waals surface area contributed by atoms with Crippen LogP contribution in [0, 0.1) is 10.1 Å². The highest BCUT2D eigenvalue weighted by molar-refractivity contribution is 7.99. The minimum Gasteiger partial charge on any atom is -0.502 e. The van der Waals surface area contributed by atoms with Gasteiger partial charge < -0.3 is 9.67 Å². The molecule has 0 fully saturated rings. The first-order chi connectivity index (χ1) is 13.0. The molecule has 3 aromatic rings. The lowest BCUT2D eigenvalue weighted by Crippen LogP contribution is -2.19. The second-order valence-electron chi connectivity index (χ2n) is 5.53. The maximum atomic E-state index is 11.9. The monoisotopic (exact) mass is 385 g/mol. The van der Waals surface area contributed by atoms with Gasteiger partial charge in [-0.15, -0.1) is 0 Å². The van der Waals surface area contributed by atoms with Crippen molar-refractivity contribution in [2.24, 2.45) is 12.1 Å². The van der Waals surface area contributed by atoms with Crippen molar-refractivity contribution in [2.45, 2.75) is 5.16 Å². The molecule has 0 bridgehead atoms. The molecule has 1 heterocycles. The van der Waals surface area contributed by atoms with E-state index in [2.05, 4.69) is 15.5 Å². The van der Waals surface area contributed by atoms with Gasteiger partial charge in [-0.25, -0.2) is 10.4 Å². The quantitative estimate of drug-likeness (QED) is 0.291. The fourth-order valence-corrected chi connectivity index (χ4v) is 3.14. The standard InChI is InChI=1S/C17H15N5O4S/c1-21-13-5-3-2-4-12(13)19-17(21)27-10-16(24)20-18-9-11-6-7-15(23)14(8-11)22(25)26/h2-9,23H,10H2,1H3,(H,20,24)/b18-9-. The number of para-hydroxylation sites is 2. The number of aromatic nitrogens is 2. The summed E-state index contributed by atoms with van der Waals surface area (Å²) >= 11 is 1.28. The molecule has 9 nitrogen and oxygen atoms in total. The number of amides is 1. The van der Waals surface area contributed by atoms with E-state index in [-0.39, 0.29) is 11.7 Å². The normalized spacial score (nSPS) is 11.1. The predicted octanol–water partition coefficient (Wildman–Crippen LogP) is 2.43. The number of carbonyl (C=O) groups excluding carboxylic acids is 1. The van der Waals surface area contributed by atoms with Gasteiger partial charge in [-0.1, -0.05) is 23.9 Å². The Kier molecular flexibility index (Phi) is 5.36. The highest BCUT2D eigenvalue weighted by Gasteiger charge is 2.13.